The lowest BCUT2D eigenvalue weighted by molar-refractivity contribution is -0.137. The van der Waals surface area contributed by atoms with Gasteiger partial charge in [0.05, 0.1) is 12.1 Å². The number of anilines is 1. The van der Waals surface area contributed by atoms with Crippen molar-refractivity contribution < 1.29 is 14.0 Å². The van der Waals surface area contributed by atoms with Gasteiger partial charge in [-0.1, -0.05) is 66.7 Å². The molecule has 0 saturated carbocycles. The minimum atomic E-state index is -0.433. The van der Waals surface area contributed by atoms with Crippen LogP contribution in [0.1, 0.15) is 11.1 Å². The van der Waals surface area contributed by atoms with Gasteiger partial charge < -0.3 is 5.32 Å². The van der Waals surface area contributed by atoms with Gasteiger partial charge in [-0.05, 0) is 29.3 Å². The topological polar surface area (TPSA) is 49.4 Å². The molecule has 0 saturated heterocycles. The molecule has 0 spiro atoms. The Morgan fingerprint density at radius 1 is 0.786 bits per heavy atom. The smallest absolute Gasteiger partial charge is 0.278 e. The summed E-state index contributed by atoms with van der Waals surface area (Å²) in [6.45, 7) is 0.170. The van der Waals surface area contributed by atoms with Gasteiger partial charge >= 0.3 is 0 Å². The van der Waals surface area contributed by atoms with Crippen LogP contribution in [0.25, 0.3) is 5.57 Å². The zero-order chi connectivity index (χ0) is 19.5. The molecule has 0 fully saturated rings. The van der Waals surface area contributed by atoms with Crippen LogP contribution in [0.3, 0.4) is 0 Å². The zero-order valence-corrected chi connectivity index (χ0v) is 14.9. The van der Waals surface area contributed by atoms with Gasteiger partial charge in [0, 0.05) is 5.69 Å². The van der Waals surface area contributed by atoms with E-state index in [9.17, 15) is 14.0 Å². The van der Waals surface area contributed by atoms with Crippen LogP contribution in [-0.4, -0.2) is 16.7 Å². The van der Waals surface area contributed by atoms with E-state index in [2.05, 4.69) is 5.32 Å². The van der Waals surface area contributed by atoms with E-state index in [1.807, 2.05) is 36.4 Å². The number of carbonyl (C=O) groups is 2. The fourth-order valence-corrected chi connectivity index (χ4v) is 3.18. The quantitative estimate of drug-likeness (QED) is 0.683. The average Bonchev–Trinajstić information content (AvgIpc) is 2.94. The average molecular weight is 372 g/mol. The number of benzene rings is 3. The first-order valence-electron chi connectivity index (χ1n) is 8.86. The Balaban J connectivity index is 1.74. The van der Waals surface area contributed by atoms with Crippen LogP contribution in [0.5, 0.6) is 0 Å². The van der Waals surface area contributed by atoms with E-state index in [0.717, 1.165) is 5.56 Å². The number of hydrogen-bond acceptors (Lipinski definition) is 3. The van der Waals surface area contributed by atoms with Gasteiger partial charge in [-0.25, -0.2) is 4.39 Å². The highest BCUT2D eigenvalue weighted by molar-refractivity contribution is 6.36. The van der Waals surface area contributed by atoms with E-state index < -0.39 is 11.7 Å². The third-order valence-electron chi connectivity index (χ3n) is 4.51. The highest BCUT2D eigenvalue weighted by Gasteiger charge is 2.39. The zero-order valence-electron chi connectivity index (χ0n) is 14.9. The summed E-state index contributed by atoms with van der Waals surface area (Å²) in [6, 6.07) is 24.1. The van der Waals surface area contributed by atoms with Crippen LogP contribution in [-0.2, 0) is 16.1 Å². The van der Waals surface area contributed by atoms with Gasteiger partial charge in [0.15, 0.2) is 0 Å². The molecule has 3 aromatic rings. The predicted molar refractivity (Wildman–Crippen MR) is 105 cm³/mol. The summed E-state index contributed by atoms with van der Waals surface area (Å²) in [7, 11) is 0. The maximum absolute atomic E-state index is 13.6. The summed E-state index contributed by atoms with van der Waals surface area (Å²) in [5.74, 6) is -1.24. The van der Waals surface area contributed by atoms with Crippen LogP contribution in [0, 0.1) is 5.82 Å². The van der Waals surface area contributed by atoms with E-state index in [4.69, 9.17) is 0 Å². The van der Waals surface area contributed by atoms with Crippen molar-refractivity contribution in [1.29, 1.82) is 0 Å². The van der Waals surface area contributed by atoms with Gasteiger partial charge in [0.1, 0.15) is 11.5 Å². The monoisotopic (exact) mass is 372 g/mol. The number of halogens is 1. The molecule has 0 aromatic heterocycles. The summed E-state index contributed by atoms with van der Waals surface area (Å²) in [5.41, 5.74) is 2.33. The van der Waals surface area contributed by atoms with E-state index in [1.54, 1.807) is 36.4 Å². The highest BCUT2D eigenvalue weighted by Crippen LogP contribution is 2.31. The largest absolute Gasteiger partial charge is 0.350 e. The van der Waals surface area contributed by atoms with E-state index >= 15 is 0 Å². The molecule has 1 N–H and O–H groups in total. The molecule has 4 nitrogen and oxygen atoms in total. The molecular formula is C23H17FN2O2. The maximum Gasteiger partial charge on any atom is 0.278 e. The molecule has 0 radical (unpaired) electrons. The van der Waals surface area contributed by atoms with E-state index in [1.165, 1.54) is 17.0 Å². The second kappa shape index (κ2) is 7.48. The molecule has 0 aliphatic carbocycles. The molecular weight excluding hydrogens is 355 g/mol. The van der Waals surface area contributed by atoms with E-state index in [-0.39, 0.29) is 23.7 Å². The summed E-state index contributed by atoms with van der Waals surface area (Å²) >= 11 is 0. The van der Waals surface area contributed by atoms with Gasteiger partial charge in [-0.15, -0.1) is 0 Å². The number of imide groups is 1. The van der Waals surface area contributed by atoms with Crippen molar-refractivity contribution in [1.82, 2.24) is 4.90 Å². The van der Waals surface area contributed by atoms with Crippen LogP contribution >= 0.6 is 0 Å². The second-order valence-electron chi connectivity index (χ2n) is 6.43. The minimum absolute atomic E-state index is 0.151. The molecule has 4 rings (SSSR count). The molecule has 0 unspecified atom stereocenters. The Kier molecular flexibility index (Phi) is 4.72. The molecule has 1 aliphatic rings. The van der Waals surface area contributed by atoms with Crippen molar-refractivity contribution in [2.24, 2.45) is 0 Å². The summed E-state index contributed by atoms with van der Waals surface area (Å²) in [5, 5.41) is 2.95. The first kappa shape index (κ1) is 17.7. The summed E-state index contributed by atoms with van der Waals surface area (Å²) in [6.07, 6.45) is 0. The van der Waals surface area contributed by atoms with Crippen LogP contribution < -0.4 is 5.32 Å². The summed E-state index contributed by atoms with van der Waals surface area (Å²) < 4.78 is 13.6. The minimum Gasteiger partial charge on any atom is -0.350 e. The standard InChI is InChI=1S/C23H17FN2O2/c24-18-12-7-13-19(14-18)25-21-20(17-10-5-2-6-11-17)22(27)26(23(21)28)15-16-8-3-1-4-9-16/h1-14,25H,15H2. The normalized spacial score (nSPS) is 14.0. The van der Waals surface area contributed by atoms with Crippen molar-refractivity contribution in [2.45, 2.75) is 6.54 Å². The van der Waals surface area contributed by atoms with Crippen molar-refractivity contribution in [3.8, 4) is 0 Å². The molecule has 3 aromatic carbocycles. The maximum atomic E-state index is 13.6. The van der Waals surface area contributed by atoms with Crippen molar-refractivity contribution in [2.75, 3.05) is 5.32 Å². The van der Waals surface area contributed by atoms with Crippen molar-refractivity contribution in [3.05, 3.63) is 108 Å². The second-order valence-corrected chi connectivity index (χ2v) is 6.43. The SMILES string of the molecule is O=C1C(Nc2cccc(F)c2)=C(c2ccccc2)C(=O)N1Cc1ccccc1. The third kappa shape index (κ3) is 3.42. The first-order valence-corrected chi connectivity index (χ1v) is 8.86. The number of hydrogen-bond donors (Lipinski definition) is 1. The van der Waals surface area contributed by atoms with Crippen LogP contribution in [0.15, 0.2) is 90.6 Å². The summed E-state index contributed by atoms with van der Waals surface area (Å²) in [4.78, 5) is 27.4. The molecule has 0 atom stereocenters. The van der Waals surface area contributed by atoms with Gasteiger partial charge in [-0.2, -0.15) is 0 Å². The van der Waals surface area contributed by atoms with Crippen LogP contribution in [0.2, 0.25) is 0 Å². The molecule has 138 valence electrons. The van der Waals surface area contributed by atoms with E-state index in [0.29, 0.717) is 11.3 Å². The first-order chi connectivity index (χ1) is 13.6. The number of amides is 2. The molecule has 1 aliphatic heterocycles. The highest BCUT2D eigenvalue weighted by atomic mass is 19.1. The molecule has 1 heterocycles. The Hall–Kier alpha value is -3.73. The number of rotatable bonds is 5. The Morgan fingerprint density at radius 2 is 1.46 bits per heavy atom. The molecule has 28 heavy (non-hydrogen) atoms. The van der Waals surface area contributed by atoms with Gasteiger partial charge in [0.25, 0.3) is 11.8 Å². The molecule has 2 amide bonds. The lowest BCUT2D eigenvalue weighted by atomic mass is 10.0. The number of nitrogens with zero attached hydrogens (tertiary/aromatic N) is 1. The lowest BCUT2D eigenvalue weighted by Gasteiger charge is -2.15. The lowest BCUT2D eigenvalue weighted by Crippen LogP contribution is -2.31. The number of nitrogens with one attached hydrogen (secondary N) is 1. The molecule has 0 bridgehead atoms. The Bertz CT molecular complexity index is 1060. The number of carbonyl (C=O) groups excluding carboxylic acids is 2. The van der Waals surface area contributed by atoms with Crippen LogP contribution in [0.4, 0.5) is 10.1 Å². The third-order valence-corrected chi connectivity index (χ3v) is 4.51. The van der Waals surface area contributed by atoms with Gasteiger partial charge in [-0.3, -0.25) is 14.5 Å². The molecule has 5 heteroatoms. The van der Waals surface area contributed by atoms with Crippen molar-refractivity contribution in [3.63, 3.8) is 0 Å². The fraction of sp³-hybridized carbons (Fsp3) is 0.0435. The Morgan fingerprint density at radius 3 is 2.14 bits per heavy atom. The Labute approximate surface area is 161 Å². The van der Waals surface area contributed by atoms with Crippen molar-refractivity contribution >= 4 is 23.1 Å². The van der Waals surface area contributed by atoms with Gasteiger partial charge in [0.2, 0.25) is 0 Å². The predicted octanol–water partition coefficient (Wildman–Crippen LogP) is 4.22. The fourth-order valence-electron chi connectivity index (χ4n) is 3.18.